The molecular weight excluding hydrogens is 543 g/mol. The van der Waals surface area contributed by atoms with Gasteiger partial charge in [0.2, 0.25) is 0 Å². The number of aryl methyl sites for hydroxylation is 1. The van der Waals surface area contributed by atoms with E-state index in [-0.39, 0.29) is 34.7 Å². The summed E-state index contributed by atoms with van der Waals surface area (Å²) in [6.07, 6.45) is 4.71. The van der Waals surface area contributed by atoms with E-state index in [0.717, 1.165) is 16.6 Å². The maximum Gasteiger partial charge on any atom is 0.290 e. The molecule has 4 aromatic rings. The van der Waals surface area contributed by atoms with Crippen LogP contribution in [0.15, 0.2) is 83.2 Å². The number of hydrogen-bond acceptors (Lipinski definition) is 8. The molecule has 1 aliphatic carbocycles. The fraction of sp³-hybridized carbons (Fsp3) is 0.267. The van der Waals surface area contributed by atoms with Gasteiger partial charge < -0.3 is 20.3 Å². The number of amides is 1. The molecule has 0 spiro atoms. The SMILES string of the molecule is CC1C=C(F)C(NC(=O)c2cc3ccccc3s2)=CC1c1cc(Nc2ccc(OCCN(C)C)cn2)c(=O)n(C)n1. The van der Waals surface area contributed by atoms with Crippen LogP contribution in [0.25, 0.3) is 10.1 Å². The topological polar surface area (TPSA) is 101 Å². The molecule has 2 N–H and O–H groups in total. The summed E-state index contributed by atoms with van der Waals surface area (Å²) in [6, 6.07) is 14.6. The number of allylic oxidation sites excluding steroid dienone is 3. The van der Waals surface area contributed by atoms with Crippen LogP contribution in [0.4, 0.5) is 15.9 Å². The van der Waals surface area contributed by atoms with E-state index < -0.39 is 5.83 Å². The Hall–Kier alpha value is -4.35. The molecule has 11 heteroatoms. The molecule has 9 nitrogen and oxygen atoms in total. The molecular formula is C30H31FN6O3S. The minimum Gasteiger partial charge on any atom is -0.491 e. The number of aromatic nitrogens is 3. The molecule has 0 saturated heterocycles. The average molecular weight is 575 g/mol. The molecule has 1 aromatic carbocycles. The first-order chi connectivity index (χ1) is 19.7. The maximum atomic E-state index is 15.0. The minimum absolute atomic E-state index is 0.0761. The highest BCUT2D eigenvalue weighted by atomic mass is 32.1. The molecule has 5 rings (SSSR count). The van der Waals surface area contributed by atoms with Crippen molar-refractivity contribution in [2.24, 2.45) is 13.0 Å². The second kappa shape index (κ2) is 12.0. The smallest absolute Gasteiger partial charge is 0.290 e. The number of thiophene rings is 1. The van der Waals surface area contributed by atoms with E-state index in [2.05, 4.69) is 20.7 Å². The minimum atomic E-state index is -0.511. The molecule has 0 aliphatic heterocycles. The van der Waals surface area contributed by atoms with E-state index >= 15 is 4.39 Å². The highest BCUT2D eigenvalue weighted by molar-refractivity contribution is 7.20. The Kier molecular flexibility index (Phi) is 8.27. The van der Waals surface area contributed by atoms with Gasteiger partial charge in [0.05, 0.1) is 22.5 Å². The zero-order valence-electron chi connectivity index (χ0n) is 23.2. The second-order valence-electron chi connectivity index (χ2n) is 10.1. The number of rotatable bonds is 9. The van der Waals surface area contributed by atoms with Crippen molar-refractivity contribution in [2.75, 3.05) is 32.6 Å². The molecule has 0 radical (unpaired) electrons. The lowest BCUT2D eigenvalue weighted by atomic mass is 9.85. The lowest BCUT2D eigenvalue weighted by Gasteiger charge is -2.24. The third-order valence-electron chi connectivity index (χ3n) is 6.71. The summed E-state index contributed by atoms with van der Waals surface area (Å²) in [4.78, 5) is 32.8. The summed E-state index contributed by atoms with van der Waals surface area (Å²) in [7, 11) is 5.50. The van der Waals surface area contributed by atoms with Crippen LogP contribution in [0.5, 0.6) is 5.75 Å². The van der Waals surface area contributed by atoms with Crippen LogP contribution >= 0.6 is 11.3 Å². The summed E-state index contributed by atoms with van der Waals surface area (Å²) in [5, 5.41) is 11.2. The predicted octanol–water partition coefficient (Wildman–Crippen LogP) is 4.97. The molecule has 41 heavy (non-hydrogen) atoms. The van der Waals surface area contributed by atoms with Crippen molar-refractivity contribution in [3.63, 3.8) is 0 Å². The first-order valence-corrected chi connectivity index (χ1v) is 14.0. The first kappa shape index (κ1) is 28.2. The number of hydrogen-bond donors (Lipinski definition) is 2. The van der Waals surface area contributed by atoms with Crippen LogP contribution in [0, 0.1) is 5.92 Å². The van der Waals surface area contributed by atoms with Gasteiger partial charge in [-0.25, -0.2) is 14.1 Å². The van der Waals surface area contributed by atoms with E-state index in [4.69, 9.17) is 4.74 Å². The van der Waals surface area contributed by atoms with Crippen molar-refractivity contribution in [1.29, 1.82) is 0 Å². The number of carbonyl (C=O) groups is 1. The number of halogens is 1. The molecule has 3 heterocycles. The first-order valence-electron chi connectivity index (χ1n) is 13.2. The van der Waals surface area contributed by atoms with Crippen molar-refractivity contribution in [3.8, 4) is 5.75 Å². The lowest BCUT2D eigenvalue weighted by Crippen LogP contribution is -2.28. The fourth-order valence-corrected chi connectivity index (χ4v) is 5.43. The van der Waals surface area contributed by atoms with Gasteiger partial charge in [-0.1, -0.05) is 25.1 Å². The number of nitrogens with zero attached hydrogens (tertiary/aromatic N) is 4. The van der Waals surface area contributed by atoms with Gasteiger partial charge in [-0.2, -0.15) is 5.10 Å². The van der Waals surface area contributed by atoms with Gasteiger partial charge in [-0.15, -0.1) is 11.3 Å². The Balaban J connectivity index is 1.35. The molecule has 1 aliphatic rings. The third kappa shape index (κ3) is 6.53. The molecule has 2 atom stereocenters. The monoisotopic (exact) mass is 574 g/mol. The van der Waals surface area contributed by atoms with Crippen molar-refractivity contribution >= 4 is 38.8 Å². The van der Waals surface area contributed by atoms with Crippen molar-refractivity contribution in [1.82, 2.24) is 25.0 Å². The molecule has 0 saturated carbocycles. The average Bonchev–Trinajstić information content (AvgIpc) is 3.38. The van der Waals surface area contributed by atoms with Crippen LogP contribution in [0.1, 0.15) is 28.2 Å². The summed E-state index contributed by atoms with van der Waals surface area (Å²) in [5.41, 5.74) is 0.558. The van der Waals surface area contributed by atoms with Gasteiger partial charge in [0.1, 0.15) is 29.7 Å². The van der Waals surface area contributed by atoms with Gasteiger partial charge in [-0.3, -0.25) is 9.59 Å². The summed E-state index contributed by atoms with van der Waals surface area (Å²) >= 11 is 1.35. The third-order valence-corrected chi connectivity index (χ3v) is 7.82. The number of likely N-dealkylation sites (N-methyl/N-ethyl adjacent to an activating group) is 1. The van der Waals surface area contributed by atoms with Gasteiger partial charge in [0, 0.05) is 24.2 Å². The van der Waals surface area contributed by atoms with E-state index in [0.29, 0.717) is 28.7 Å². The van der Waals surface area contributed by atoms with Gasteiger partial charge in [0.15, 0.2) is 0 Å². The number of ether oxygens (including phenoxy) is 1. The van der Waals surface area contributed by atoms with E-state index in [9.17, 15) is 9.59 Å². The van der Waals surface area contributed by atoms with Crippen molar-refractivity contribution < 1.29 is 13.9 Å². The number of anilines is 2. The summed E-state index contributed by atoms with van der Waals surface area (Å²) < 4.78 is 22.9. The molecule has 0 fully saturated rings. The molecule has 212 valence electrons. The molecule has 3 aromatic heterocycles. The number of benzene rings is 1. The van der Waals surface area contributed by atoms with E-state index in [1.54, 1.807) is 43.6 Å². The van der Waals surface area contributed by atoms with Crippen LogP contribution in [-0.2, 0) is 7.05 Å². The summed E-state index contributed by atoms with van der Waals surface area (Å²) in [5.74, 6) is -0.460. The number of carbonyl (C=O) groups excluding carboxylic acids is 1. The van der Waals surface area contributed by atoms with E-state index in [1.165, 1.54) is 22.1 Å². The van der Waals surface area contributed by atoms with Crippen LogP contribution in [0.3, 0.4) is 0 Å². The standard InChI is InChI=1S/C30H31FN6O3S/c1-18-13-22(31)24(34-29(38)27-14-19-7-5-6-8-26(19)41-27)15-21(18)23-16-25(30(39)37(4)35-23)33-28-10-9-20(17-32-28)40-12-11-36(2)3/h5-10,13-18,21H,11-12H2,1-4H3,(H,32,33)(H,34,38). The van der Waals surface area contributed by atoms with Crippen molar-refractivity contribution in [3.05, 3.63) is 99.3 Å². The van der Waals surface area contributed by atoms with Crippen LogP contribution in [0.2, 0.25) is 0 Å². The van der Waals surface area contributed by atoms with Crippen LogP contribution < -0.4 is 20.9 Å². The molecule has 1 amide bonds. The Bertz CT molecular complexity index is 1660. The van der Waals surface area contributed by atoms with Gasteiger partial charge in [0.25, 0.3) is 11.5 Å². The quantitative estimate of drug-likeness (QED) is 0.291. The Morgan fingerprint density at radius 3 is 2.71 bits per heavy atom. The predicted molar refractivity (Wildman–Crippen MR) is 160 cm³/mol. The van der Waals surface area contributed by atoms with E-state index in [1.807, 2.05) is 50.2 Å². The number of nitrogens with one attached hydrogen (secondary N) is 2. The highest BCUT2D eigenvalue weighted by Crippen LogP contribution is 2.35. The number of fused-ring (bicyclic) bond motifs is 1. The van der Waals surface area contributed by atoms with Crippen LogP contribution in [-0.4, -0.2) is 52.8 Å². The largest absolute Gasteiger partial charge is 0.491 e. The highest BCUT2D eigenvalue weighted by Gasteiger charge is 2.27. The second-order valence-corrected chi connectivity index (χ2v) is 11.2. The molecule has 0 bridgehead atoms. The Labute approximate surface area is 241 Å². The normalized spacial score (nSPS) is 16.8. The fourth-order valence-electron chi connectivity index (χ4n) is 4.48. The zero-order valence-corrected chi connectivity index (χ0v) is 24.0. The maximum absolute atomic E-state index is 15.0. The summed E-state index contributed by atoms with van der Waals surface area (Å²) in [6.45, 7) is 3.17. The lowest BCUT2D eigenvalue weighted by molar-refractivity contribution is 0.0969. The van der Waals surface area contributed by atoms with Crippen molar-refractivity contribution in [2.45, 2.75) is 12.8 Å². The van der Waals surface area contributed by atoms with Gasteiger partial charge >= 0.3 is 0 Å². The Morgan fingerprint density at radius 1 is 1.17 bits per heavy atom. The van der Waals surface area contributed by atoms with Gasteiger partial charge in [-0.05, 0) is 67.9 Å². The zero-order chi connectivity index (χ0) is 29.1. The Morgan fingerprint density at radius 2 is 1.98 bits per heavy atom. The number of pyridine rings is 1. The molecule has 2 unspecified atom stereocenters.